The second-order valence-corrected chi connectivity index (χ2v) is 7.69. The summed E-state index contributed by atoms with van der Waals surface area (Å²) < 4.78 is 10.7. The van der Waals surface area contributed by atoms with Crippen LogP contribution < -0.4 is 10.2 Å². The average Bonchev–Trinajstić information content (AvgIpc) is 3.24. The Bertz CT molecular complexity index is 1260. The lowest BCUT2D eigenvalue weighted by Crippen LogP contribution is -2.36. The molecule has 1 N–H and O–H groups in total. The topological polar surface area (TPSA) is 93.4 Å². The molecule has 8 nitrogen and oxygen atoms in total. The number of nitrogens with one attached hydrogen (secondary N) is 1. The van der Waals surface area contributed by atoms with Gasteiger partial charge in [0, 0.05) is 36.7 Å². The summed E-state index contributed by atoms with van der Waals surface area (Å²) >= 11 is 0. The molecule has 1 saturated heterocycles. The number of fused-ring (bicyclic) bond motifs is 1. The molecule has 2 aromatic carbocycles. The van der Waals surface area contributed by atoms with Crippen molar-refractivity contribution in [3.05, 3.63) is 66.1 Å². The zero-order chi connectivity index (χ0) is 21.9. The lowest BCUT2D eigenvalue weighted by molar-refractivity contribution is -0.115. The summed E-state index contributed by atoms with van der Waals surface area (Å²) in [7, 11) is 0. The van der Waals surface area contributed by atoms with E-state index in [1.165, 1.54) is 0 Å². The number of pyridine rings is 1. The van der Waals surface area contributed by atoms with Crippen LogP contribution in [0.2, 0.25) is 0 Å². The number of nitrogens with zero attached hydrogens (tertiary/aromatic N) is 4. The SMILES string of the molecule is Cc1nnc(NC(=O)Cc2cccc3ccc(-c4cccc(N5CCOCC5)c4)nc23)o1. The largest absolute Gasteiger partial charge is 0.408 e. The van der Waals surface area contributed by atoms with Crippen LogP contribution in [0, 0.1) is 6.92 Å². The number of carbonyl (C=O) groups is 1. The van der Waals surface area contributed by atoms with Crippen LogP contribution in [0.4, 0.5) is 11.7 Å². The zero-order valence-electron chi connectivity index (χ0n) is 17.7. The number of aromatic nitrogens is 3. The molecule has 1 aliphatic heterocycles. The lowest BCUT2D eigenvalue weighted by Gasteiger charge is -2.29. The normalized spacial score (nSPS) is 14.0. The molecular weight excluding hydrogens is 406 g/mol. The second kappa shape index (κ2) is 8.76. The van der Waals surface area contributed by atoms with Gasteiger partial charge < -0.3 is 14.1 Å². The number of morpholine rings is 1. The van der Waals surface area contributed by atoms with E-state index in [-0.39, 0.29) is 18.3 Å². The average molecular weight is 429 g/mol. The Kier molecular flexibility index (Phi) is 5.51. The van der Waals surface area contributed by atoms with Gasteiger partial charge in [0.15, 0.2) is 0 Å². The Hall–Kier alpha value is -3.78. The van der Waals surface area contributed by atoms with Crippen molar-refractivity contribution in [2.75, 3.05) is 36.5 Å². The van der Waals surface area contributed by atoms with Gasteiger partial charge >= 0.3 is 6.01 Å². The van der Waals surface area contributed by atoms with Gasteiger partial charge in [0.2, 0.25) is 11.8 Å². The Labute approximate surface area is 185 Å². The van der Waals surface area contributed by atoms with E-state index in [1.807, 2.05) is 30.3 Å². The van der Waals surface area contributed by atoms with Crippen molar-refractivity contribution in [2.24, 2.45) is 0 Å². The fraction of sp³-hybridized carbons (Fsp3) is 0.250. The summed E-state index contributed by atoms with van der Waals surface area (Å²) in [6, 6.07) is 18.4. The number of ether oxygens (including phenoxy) is 1. The molecule has 0 aliphatic carbocycles. The summed E-state index contributed by atoms with van der Waals surface area (Å²) in [6.07, 6.45) is 0.156. The number of amides is 1. The number of rotatable bonds is 5. The third-order valence-corrected chi connectivity index (χ3v) is 5.45. The van der Waals surface area contributed by atoms with Gasteiger partial charge in [0.25, 0.3) is 0 Å². The van der Waals surface area contributed by atoms with E-state index < -0.39 is 0 Å². The van der Waals surface area contributed by atoms with Crippen LogP contribution in [0.15, 0.2) is 59.0 Å². The summed E-state index contributed by atoms with van der Waals surface area (Å²) in [5, 5.41) is 11.2. The molecule has 2 aromatic heterocycles. The molecule has 5 rings (SSSR count). The molecule has 162 valence electrons. The van der Waals surface area contributed by atoms with Crippen molar-refractivity contribution >= 4 is 28.5 Å². The van der Waals surface area contributed by atoms with E-state index in [0.29, 0.717) is 5.89 Å². The molecule has 32 heavy (non-hydrogen) atoms. The second-order valence-electron chi connectivity index (χ2n) is 7.69. The van der Waals surface area contributed by atoms with E-state index >= 15 is 0 Å². The monoisotopic (exact) mass is 429 g/mol. The van der Waals surface area contributed by atoms with Crippen molar-refractivity contribution < 1.29 is 13.9 Å². The molecule has 0 atom stereocenters. The van der Waals surface area contributed by atoms with Gasteiger partial charge in [-0.05, 0) is 23.8 Å². The molecular formula is C24H23N5O3. The maximum atomic E-state index is 12.5. The fourth-order valence-electron chi connectivity index (χ4n) is 3.88. The maximum absolute atomic E-state index is 12.5. The number of benzene rings is 2. The molecule has 4 aromatic rings. The van der Waals surface area contributed by atoms with E-state index in [4.69, 9.17) is 14.1 Å². The predicted octanol–water partition coefficient (Wildman–Crippen LogP) is 3.61. The fourth-order valence-corrected chi connectivity index (χ4v) is 3.88. The van der Waals surface area contributed by atoms with Gasteiger partial charge in [0.05, 0.1) is 30.8 Å². The van der Waals surface area contributed by atoms with Crippen molar-refractivity contribution in [3.8, 4) is 11.3 Å². The number of anilines is 2. The Morgan fingerprint density at radius 3 is 2.72 bits per heavy atom. The maximum Gasteiger partial charge on any atom is 0.322 e. The van der Waals surface area contributed by atoms with Crippen LogP contribution in [0.1, 0.15) is 11.5 Å². The van der Waals surface area contributed by atoms with Gasteiger partial charge in [0.1, 0.15) is 0 Å². The molecule has 8 heteroatoms. The van der Waals surface area contributed by atoms with Gasteiger partial charge in [-0.15, -0.1) is 5.10 Å². The smallest absolute Gasteiger partial charge is 0.322 e. The molecule has 1 amide bonds. The minimum atomic E-state index is -0.234. The molecule has 1 aliphatic rings. The van der Waals surface area contributed by atoms with Gasteiger partial charge in [-0.1, -0.05) is 41.5 Å². The van der Waals surface area contributed by atoms with E-state index in [1.54, 1.807) is 6.92 Å². The minimum Gasteiger partial charge on any atom is -0.408 e. The minimum absolute atomic E-state index is 0.0984. The Morgan fingerprint density at radius 1 is 1.06 bits per heavy atom. The van der Waals surface area contributed by atoms with Gasteiger partial charge in [-0.2, -0.15) is 0 Å². The van der Waals surface area contributed by atoms with Crippen LogP contribution in [0.5, 0.6) is 0 Å². The van der Waals surface area contributed by atoms with Gasteiger partial charge in [-0.3, -0.25) is 10.1 Å². The standard InChI is InChI=1S/C24H23N5O3/c1-16-27-28-24(32-16)26-22(30)15-19-6-2-4-17-8-9-21(25-23(17)19)18-5-3-7-20(14-18)29-10-12-31-13-11-29/h2-9,14H,10-13,15H2,1H3,(H,26,28,30). The van der Waals surface area contributed by atoms with Crippen LogP contribution in [0.3, 0.4) is 0 Å². The summed E-state index contributed by atoms with van der Waals surface area (Å²) in [5.74, 6) is 0.166. The summed E-state index contributed by atoms with van der Waals surface area (Å²) in [4.78, 5) is 19.8. The molecule has 0 radical (unpaired) electrons. The van der Waals surface area contributed by atoms with Crippen molar-refractivity contribution in [1.29, 1.82) is 0 Å². The summed E-state index contributed by atoms with van der Waals surface area (Å²) in [6.45, 7) is 4.92. The van der Waals surface area contributed by atoms with E-state index in [0.717, 1.165) is 59.7 Å². The molecule has 0 spiro atoms. The predicted molar refractivity (Wildman–Crippen MR) is 122 cm³/mol. The zero-order valence-corrected chi connectivity index (χ0v) is 17.7. The molecule has 0 unspecified atom stereocenters. The molecule has 1 fully saturated rings. The van der Waals surface area contributed by atoms with Crippen molar-refractivity contribution in [1.82, 2.24) is 15.2 Å². The van der Waals surface area contributed by atoms with Crippen LogP contribution >= 0.6 is 0 Å². The third-order valence-electron chi connectivity index (χ3n) is 5.45. The molecule has 0 bridgehead atoms. The number of hydrogen-bond acceptors (Lipinski definition) is 7. The van der Waals surface area contributed by atoms with Crippen LogP contribution in [0.25, 0.3) is 22.2 Å². The molecule has 0 saturated carbocycles. The number of aryl methyl sites for hydroxylation is 1. The first-order valence-electron chi connectivity index (χ1n) is 10.6. The Morgan fingerprint density at radius 2 is 1.91 bits per heavy atom. The van der Waals surface area contributed by atoms with E-state index in [9.17, 15) is 4.79 Å². The summed E-state index contributed by atoms with van der Waals surface area (Å²) in [5.41, 5.74) is 4.71. The van der Waals surface area contributed by atoms with E-state index in [2.05, 4.69) is 44.7 Å². The highest BCUT2D eigenvalue weighted by Gasteiger charge is 2.14. The number of carbonyl (C=O) groups excluding carboxylic acids is 1. The van der Waals surface area contributed by atoms with Crippen molar-refractivity contribution in [3.63, 3.8) is 0 Å². The third kappa shape index (κ3) is 4.31. The van der Waals surface area contributed by atoms with Gasteiger partial charge in [-0.25, -0.2) is 4.98 Å². The number of hydrogen-bond donors (Lipinski definition) is 1. The highest BCUT2D eigenvalue weighted by atomic mass is 16.5. The Balaban J connectivity index is 1.43. The first kappa shape index (κ1) is 20.1. The highest BCUT2D eigenvalue weighted by molar-refractivity contribution is 5.94. The lowest BCUT2D eigenvalue weighted by atomic mass is 10.0. The first-order chi connectivity index (χ1) is 15.7. The first-order valence-corrected chi connectivity index (χ1v) is 10.6. The highest BCUT2D eigenvalue weighted by Crippen LogP contribution is 2.27. The molecule has 3 heterocycles. The number of para-hydroxylation sites is 1. The van der Waals surface area contributed by atoms with Crippen LogP contribution in [-0.4, -0.2) is 47.4 Å². The quantitative estimate of drug-likeness (QED) is 0.518. The van der Waals surface area contributed by atoms with Crippen LogP contribution in [-0.2, 0) is 16.0 Å². The van der Waals surface area contributed by atoms with Crippen molar-refractivity contribution in [2.45, 2.75) is 13.3 Å².